The van der Waals surface area contributed by atoms with E-state index in [1.165, 1.54) is 5.56 Å². The van der Waals surface area contributed by atoms with Crippen LogP contribution in [0.5, 0.6) is 5.75 Å². The summed E-state index contributed by atoms with van der Waals surface area (Å²) in [7, 11) is 1.66. The average molecular weight is 510 g/mol. The summed E-state index contributed by atoms with van der Waals surface area (Å²) in [4.78, 5) is 18.2. The monoisotopic (exact) mass is 509 g/mol. The van der Waals surface area contributed by atoms with Gasteiger partial charge in [-0.1, -0.05) is 36.6 Å². The highest BCUT2D eigenvalue weighted by atomic mass is 16.5. The molecule has 0 atom stereocenters. The van der Waals surface area contributed by atoms with E-state index in [-0.39, 0.29) is 0 Å². The Labute approximate surface area is 224 Å². The number of guanidine groups is 1. The first-order valence-corrected chi connectivity index (χ1v) is 12.9. The number of aromatic nitrogens is 3. The van der Waals surface area contributed by atoms with Crippen molar-refractivity contribution in [1.29, 1.82) is 0 Å². The molecule has 0 radical (unpaired) electrons. The second-order valence-electron chi connectivity index (χ2n) is 9.00. The van der Waals surface area contributed by atoms with E-state index in [0.29, 0.717) is 18.3 Å². The lowest BCUT2D eigenvalue weighted by molar-refractivity contribution is 0.415. The Morgan fingerprint density at radius 1 is 0.974 bits per heavy atom. The maximum absolute atomic E-state index is 6.00. The number of hydrogen-bond donors (Lipinski definition) is 3. The number of nitrogens with zero attached hydrogens (tertiary/aromatic N) is 4. The van der Waals surface area contributed by atoms with Crippen molar-refractivity contribution >= 4 is 40.5 Å². The van der Waals surface area contributed by atoms with E-state index in [1.54, 1.807) is 13.3 Å². The highest BCUT2D eigenvalue weighted by Crippen LogP contribution is 2.26. The third kappa shape index (κ3) is 8.03. The molecule has 38 heavy (non-hydrogen) atoms. The smallest absolute Gasteiger partial charge is 0.193 e. The summed E-state index contributed by atoms with van der Waals surface area (Å²) >= 11 is 0. The van der Waals surface area contributed by atoms with E-state index >= 15 is 0 Å². The van der Waals surface area contributed by atoms with Crippen molar-refractivity contribution < 1.29 is 4.74 Å². The number of benzene rings is 2. The Kier molecular flexibility index (Phi) is 9.62. The topological polar surface area (TPSA) is 110 Å². The minimum Gasteiger partial charge on any atom is -0.497 e. The first-order valence-electron chi connectivity index (χ1n) is 12.9. The van der Waals surface area contributed by atoms with Crippen molar-refractivity contribution in [1.82, 2.24) is 15.0 Å². The molecule has 0 aliphatic carbocycles. The number of pyridine rings is 1. The summed E-state index contributed by atoms with van der Waals surface area (Å²) < 4.78 is 5.42. The standard InChI is InChI=1S/C30H35N7O/c1-22-10-12-24(13-11-22)35-30(31)34-20-7-4-3-6-19-33-29-26-21-25(38-2)15-16-27(26)36-28(37-29)17-14-23-9-5-8-18-32-23/h5,8-18,21H,3-4,6-7,19-20H2,1-2H3,(H3,31,34,35)(H,33,36,37)/b17-14+. The molecular weight excluding hydrogens is 474 g/mol. The lowest BCUT2D eigenvalue weighted by Gasteiger charge is -2.11. The largest absolute Gasteiger partial charge is 0.497 e. The molecule has 0 unspecified atom stereocenters. The molecule has 0 saturated carbocycles. The Balaban J connectivity index is 1.27. The Bertz CT molecular complexity index is 1370. The molecule has 0 fully saturated rings. The van der Waals surface area contributed by atoms with Crippen molar-refractivity contribution in [2.75, 3.05) is 30.8 Å². The van der Waals surface area contributed by atoms with Gasteiger partial charge in [0.05, 0.1) is 18.3 Å². The number of nitrogens with one attached hydrogen (secondary N) is 2. The molecule has 0 bridgehead atoms. The van der Waals surface area contributed by atoms with Gasteiger partial charge in [0.15, 0.2) is 11.8 Å². The molecule has 0 aliphatic rings. The van der Waals surface area contributed by atoms with E-state index in [2.05, 4.69) is 27.5 Å². The number of fused-ring (bicyclic) bond motifs is 1. The first-order chi connectivity index (χ1) is 18.6. The van der Waals surface area contributed by atoms with Crippen LogP contribution in [0.2, 0.25) is 0 Å². The third-order valence-corrected chi connectivity index (χ3v) is 5.99. The van der Waals surface area contributed by atoms with E-state index in [1.807, 2.05) is 72.8 Å². The number of hydrogen-bond acceptors (Lipinski definition) is 6. The molecule has 8 nitrogen and oxygen atoms in total. The van der Waals surface area contributed by atoms with E-state index in [9.17, 15) is 0 Å². The van der Waals surface area contributed by atoms with Crippen LogP contribution < -0.4 is 21.1 Å². The first kappa shape index (κ1) is 26.6. The molecule has 2 heterocycles. The molecular formula is C30H35N7O. The number of ether oxygens (including phenoxy) is 1. The number of methoxy groups -OCH3 is 1. The minimum atomic E-state index is 0.453. The molecule has 4 aromatic rings. The fourth-order valence-corrected chi connectivity index (χ4v) is 3.92. The van der Waals surface area contributed by atoms with Crippen LogP contribution in [0.1, 0.15) is 42.8 Å². The number of rotatable bonds is 12. The fraction of sp³-hybridized carbons (Fsp3) is 0.267. The Hall–Kier alpha value is -4.46. The van der Waals surface area contributed by atoms with Gasteiger partial charge in [-0.2, -0.15) is 0 Å². The minimum absolute atomic E-state index is 0.453. The predicted octanol–water partition coefficient (Wildman–Crippen LogP) is 5.91. The maximum atomic E-state index is 6.00. The van der Waals surface area contributed by atoms with Crippen LogP contribution in [0.4, 0.5) is 11.5 Å². The summed E-state index contributed by atoms with van der Waals surface area (Å²) in [5, 5.41) is 7.57. The number of aliphatic imine (C=N–C) groups is 1. The van der Waals surface area contributed by atoms with Crippen LogP contribution in [0, 0.1) is 6.92 Å². The quantitative estimate of drug-likeness (QED) is 0.124. The summed E-state index contributed by atoms with van der Waals surface area (Å²) in [6, 6.07) is 19.7. The summed E-state index contributed by atoms with van der Waals surface area (Å²) in [6.07, 6.45) is 9.76. The van der Waals surface area contributed by atoms with E-state index < -0.39 is 0 Å². The van der Waals surface area contributed by atoms with Crippen molar-refractivity contribution in [2.45, 2.75) is 32.6 Å². The second-order valence-corrected chi connectivity index (χ2v) is 9.00. The van der Waals surface area contributed by atoms with Gasteiger partial charge in [-0.05, 0) is 74.4 Å². The van der Waals surface area contributed by atoms with Crippen LogP contribution in [-0.2, 0) is 0 Å². The number of anilines is 2. The molecule has 2 aromatic carbocycles. The van der Waals surface area contributed by atoms with Gasteiger partial charge < -0.3 is 21.1 Å². The zero-order valence-corrected chi connectivity index (χ0v) is 22.0. The molecule has 4 rings (SSSR count). The van der Waals surface area contributed by atoms with Crippen LogP contribution in [0.15, 0.2) is 71.9 Å². The molecule has 0 amide bonds. The van der Waals surface area contributed by atoms with Gasteiger partial charge in [-0.15, -0.1) is 0 Å². The van der Waals surface area contributed by atoms with Crippen molar-refractivity contribution in [3.05, 3.63) is 83.9 Å². The molecule has 196 valence electrons. The van der Waals surface area contributed by atoms with Gasteiger partial charge in [-0.3, -0.25) is 9.98 Å². The van der Waals surface area contributed by atoms with Crippen molar-refractivity contribution in [2.24, 2.45) is 10.7 Å². The fourth-order valence-electron chi connectivity index (χ4n) is 3.92. The third-order valence-electron chi connectivity index (χ3n) is 5.99. The number of aryl methyl sites for hydroxylation is 1. The molecule has 0 aliphatic heterocycles. The molecule has 4 N–H and O–H groups in total. The van der Waals surface area contributed by atoms with Gasteiger partial charge in [0.25, 0.3) is 0 Å². The molecule has 2 aromatic heterocycles. The SMILES string of the molecule is COc1ccc2nc(/C=C/c3ccccn3)nc(NCCCCCCN=C(N)Nc3ccc(C)cc3)c2c1. The van der Waals surface area contributed by atoms with Crippen LogP contribution in [-0.4, -0.2) is 41.1 Å². The molecule has 8 heteroatoms. The lowest BCUT2D eigenvalue weighted by Crippen LogP contribution is -2.22. The zero-order chi connectivity index (χ0) is 26.6. The molecule has 0 saturated heterocycles. The van der Waals surface area contributed by atoms with Crippen LogP contribution in [0.25, 0.3) is 23.1 Å². The van der Waals surface area contributed by atoms with Crippen molar-refractivity contribution in [3.8, 4) is 5.75 Å². The summed E-state index contributed by atoms with van der Waals surface area (Å²) in [5.41, 5.74) is 9.89. The number of unbranched alkanes of at least 4 members (excludes halogenated alkanes) is 3. The highest BCUT2D eigenvalue weighted by Gasteiger charge is 2.08. The van der Waals surface area contributed by atoms with E-state index in [0.717, 1.165) is 66.1 Å². The molecule has 0 spiro atoms. The second kappa shape index (κ2) is 13.7. The van der Waals surface area contributed by atoms with Gasteiger partial charge in [0.1, 0.15) is 11.6 Å². The predicted molar refractivity (Wildman–Crippen MR) is 158 cm³/mol. The maximum Gasteiger partial charge on any atom is 0.193 e. The average Bonchev–Trinajstić information content (AvgIpc) is 2.94. The summed E-state index contributed by atoms with van der Waals surface area (Å²) in [5.74, 6) is 2.66. The lowest BCUT2D eigenvalue weighted by atomic mass is 10.2. The van der Waals surface area contributed by atoms with Gasteiger partial charge in [0, 0.05) is 30.4 Å². The van der Waals surface area contributed by atoms with Crippen molar-refractivity contribution in [3.63, 3.8) is 0 Å². The van der Waals surface area contributed by atoms with Gasteiger partial charge in [0.2, 0.25) is 0 Å². The van der Waals surface area contributed by atoms with Gasteiger partial charge in [-0.25, -0.2) is 9.97 Å². The Morgan fingerprint density at radius 2 is 1.82 bits per heavy atom. The van der Waals surface area contributed by atoms with Gasteiger partial charge >= 0.3 is 0 Å². The zero-order valence-electron chi connectivity index (χ0n) is 22.0. The summed E-state index contributed by atoms with van der Waals surface area (Å²) in [6.45, 7) is 3.58. The van der Waals surface area contributed by atoms with Crippen LogP contribution in [0.3, 0.4) is 0 Å². The van der Waals surface area contributed by atoms with E-state index in [4.69, 9.17) is 20.4 Å². The Morgan fingerprint density at radius 3 is 2.61 bits per heavy atom. The highest BCUT2D eigenvalue weighted by molar-refractivity contribution is 5.92. The van der Waals surface area contributed by atoms with Crippen LogP contribution >= 0.6 is 0 Å². The number of nitrogens with two attached hydrogens (primary N) is 1. The normalized spacial score (nSPS) is 11.7.